The number of benzene rings is 1. The molecule has 0 spiro atoms. The van der Waals surface area contributed by atoms with Gasteiger partial charge in [0.1, 0.15) is 6.33 Å². The molecule has 0 fully saturated rings. The first-order valence-electron chi connectivity index (χ1n) is 5.27. The van der Waals surface area contributed by atoms with Crippen LogP contribution in [0.2, 0.25) is 0 Å². The van der Waals surface area contributed by atoms with Gasteiger partial charge in [-0.05, 0) is 13.8 Å². The lowest BCUT2D eigenvalue weighted by Gasteiger charge is -2.12. The summed E-state index contributed by atoms with van der Waals surface area (Å²) in [7, 11) is 0. The molecule has 0 aliphatic rings. The van der Waals surface area contributed by atoms with Crippen molar-refractivity contribution in [3.8, 4) is 11.4 Å². The minimum atomic E-state index is -2.20. The molecule has 0 N–H and O–H groups in total. The third-order valence-electron chi connectivity index (χ3n) is 2.56. The van der Waals surface area contributed by atoms with E-state index in [1.165, 1.54) is 4.57 Å². The topological polar surface area (TPSA) is 30.7 Å². The fourth-order valence-electron chi connectivity index (χ4n) is 1.60. The van der Waals surface area contributed by atoms with E-state index in [1.54, 1.807) is 13.8 Å². The standard InChI is InChI=1S/C11H8F5N3/c1-4(2)19-3-17-18-11(19)5-6(12)8(14)10(16)9(15)7(5)13/h3-4H,1-2H3. The van der Waals surface area contributed by atoms with Gasteiger partial charge in [0.05, 0.1) is 5.56 Å². The number of nitrogens with zero attached hydrogens (tertiary/aromatic N) is 3. The molecule has 1 aromatic heterocycles. The van der Waals surface area contributed by atoms with Crippen molar-refractivity contribution in [1.29, 1.82) is 0 Å². The van der Waals surface area contributed by atoms with Gasteiger partial charge < -0.3 is 4.57 Å². The number of hydrogen-bond donors (Lipinski definition) is 0. The summed E-state index contributed by atoms with van der Waals surface area (Å²) in [5, 5.41) is 6.84. The van der Waals surface area contributed by atoms with Gasteiger partial charge in [0, 0.05) is 6.04 Å². The van der Waals surface area contributed by atoms with E-state index in [2.05, 4.69) is 10.2 Å². The molecule has 1 heterocycles. The molecule has 0 amide bonds. The van der Waals surface area contributed by atoms with Crippen LogP contribution in [-0.4, -0.2) is 14.8 Å². The Morgan fingerprint density at radius 1 is 0.895 bits per heavy atom. The normalized spacial score (nSPS) is 11.4. The van der Waals surface area contributed by atoms with Gasteiger partial charge >= 0.3 is 0 Å². The van der Waals surface area contributed by atoms with Crippen molar-refractivity contribution >= 4 is 0 Å². The zero-order chi connectivity index (χ0) is 14.3. The summed E-state index contributed by atoms with van der Waals surface area (Å²) in [6, 6.07) is -0.306. The van der Waals surface area contributed by atoms with E-state index in [9.17, 15) is 22.0 Å². The molecular formula is C11H8F5N3. The van der Waals surface area contributed by atoms with Crippen LogP contribution in [0.25, 0.3) is 11.4 Å². The number of hydrogen-bond acceptors (Lipinski definition) is 2. The van der Waals surface area contributed by atoms with Gasteiger partial charge in [0.25, 0.3) is 0 Å². The van der Waals surface area contributed by atoms with Crippen LogP contribution in [0.15, 0.2) is 6.33 Å². The second-order valence-electron chi connectivity index (χ2n) is 4.10. The van der Waals surface area contributed by atoms with E-state index >= 15 is 0 Å². The number of rotatable bonds is 2. The van der Waals surface area contributed by atoms with Crippen molar-refractivity contribution in [3.63, 3.8) is 0 Å². The predicted molar refractivity (Wildman–Crippen MR) is 55.6 cm³/mol. The molecule has 0 aliphatic carbocycles. The van der Waals surface area contributed by atoms with Crippen LogP contribution in [0.3, 0.4) is 0 Å². The summed E-state index contributed by atoms with van der Waals surface area (Å²) < 4.78 is 67.6. The minimum Gasteiger partial charge on any atom is -0.311 e. The maximum atomic E-state index is 13.6. The van der Waals surface area contributed by atoms with Crippen LogP contribution < -0.4 is 0 Å². The summed E-state index contributed by atoms with van der Waals surface area (Å²) in [5.74, 6) is -10.5. The molecular weight excluding hydrogens is 269 g/mol. The first-order valence-corrected chi connectivity index (χ1v) is 5.27. The molecule has 0 saturated heterocycles. The van der Waals surface area contributed by atoms with Crippen LogP contribution in [0.1, 0.15) is 19.9 Å². The molecule has 2 aromatic rings. The van der Waals surface area contributed by atoms with Crippen molar-refractivity contribution in [2.24, 2.45) is 0 Å². The van der Waals surface area contributed by atoms with Gasteiger partial charge in [-0.25, -0.2) is 22.0 Å². The van der Waals surface area contributed by atoms with Crippen molar-refractivity contribution in [3.05, 3.63) is 35.4 Å². The summed E-state index contributed by atoms with van der Waals surface area (Å²) in [6.45, 7) is 3.30. The molecule has 1 aromatic carbocycles. The van der Waals surface area contributed by atoms with Gasteiger partial charge in [0.2, 0.25) is 5.82 Å². The Morgan fingerprint density at radius 3 is 1.84 bits per heavy atom. The van der Waals surface area contributed by atoms with Crippen LogP contribution >= 0.6 is 0 Å². The van der Waals surface area contributed by atoms with E-state index in [0.29, 0.717) is 0 Å². The Kier molecular flexibility index (Phi) is 3.25. The van der Waals surface area contributed by atoms with Gasteiger partial charge in [-0.15, -0.1) is 10.2 Å². The molecule has 0 radical (unpaired) electrons. The second kappa shape index (κ2) is 4.60. The average molecular weight is 277 g/mol. The minimum absolute atomic E-state index is 0.306. The number of aromatic nitrogens is 3. The van der Waals surface area contributed by atoms with Gasteiger partial charge in [0.15, 0.2) is 29.1 Å². The molecule has 19 heavy (non-hydrogen) atoms. The highest BCUT2D eigenvalue weighted by Gasteiger charge is 2.29. The molecule has 2 rings (SSSR count). The molecule has 0 atom stereocenters. The summed E-state index contributed by atoms with van der Waals surface area (Å²) >= 11 is 0. The SMILES string of the molecule is CC(C)n1cnnc1-c1c(F)c(F)c(F)c(F)c1F. The van der Waals surface area contributed by atoms with Gasteiger partial charge in [-0.2, -0.15) is 0 Å². The molecule has 3 nitrogen and oxygen atoms in total. The maximum Gasteiger partial charge on any atom is 0.200 e. The fourth-order valence-corrected chi connectivity index (χ4v) is 1.60. The Labute approximate surface area is 104 Å². The van der Waals surface area contributed by atoms with Crippen molar-refractivity contribution in [1.82, 2.24) is 14.8 Å². The lowest BCUT2D eigenvalue weighted by molar-refractivity contribution is 0.380. The third-order valence-corrected chi connectivity index (χ3v) is 2.56. The van der Waals surface area contributed by atoms with E-state index < -0.39 is 40.5 Å². The largest absolute Gasteiger partial charge is 0.311 e. The number of halogens is 5. The molecule has 8 heteroatoms. The van der Waals surface area contributed by atoms with E-state index in [4.69, 9.17) is 0 Å². The van der Waals surface area contributed by atoms with Crippen molar-refractivity contribution in [2.75, 3.05) is 0 Å². The third kappa shape index (κ3) is 1.96. The van der Waals surface area contributed by atoms with Crippen LogP contribution in [0.5, 0.6) is 0 Å². The van der Waals surface area contributed by atoms with Crippen LogP contribution in [0, 0.1) is 29.1 Å². The average Bonchev–Trinajstić information content (AvgIpc) is 2.83. The Bertz CT molecular complexity index is 606. The Balaban J connectivity index is 2.80. The first-order chi connectivity index (χ1) is 8.86. The summed E-state index contributed by atoms with van der Waals surface area (Å²) in [5.41, 5.74) is -1.08. The highest BCUT2D eigenvalue weighted by atomic mass is 19.2. The molecule has 0 unspecified atom stereocenters. The highest BCUT2D eigenvalue weighted by molar-refractivity contribution is 5.57. The van der Waals surface area contributed by atoms with Crippen LogP contribution in [0.4, 0.5) is 22.0 Å². The van der Waals surface area contributed by atoms with Crippen LogP contribution in [-0.2, 0) is 0 Å². The zero-order valence-electron chi connectivity index (χ0n) is 9.89. The summed E-state index contributed by atoms with van der Waals surface area (Å²) in [4.78, 5) is 0. The lowest BCUT2D eigenvalue weighted by Crippen LogP contribution is -2.09. The van der Waals surface area contributed by atoms with Gasteiger partial charge in [-0.1, -0.05) is 0 Å². The molecule has 0 aliphatic heterocycles. The fraction of sp³-hybridized carbons (Fsp3) is 0.273. The zero-order valence-corrected chi connectivity index (χ0v) is 9.89. The van der Waals surface area contributed by atoms with E-state index in [1.807, 2.05) is 0 Å². The Morgan fingerprint density at radius 2 is 1.37 bits per heavy atom. The van der Waals surface area contributed by atoms with Gasteiger partial charge in [-0.3, -0.25) is 0 Å². The second-order valence-corrected chi connectivity index (χ2v) is 4.10. The first kappa shape index (κ1) is 13.4. The van der Waals surface area contributed by atoms with Crippen molar-refractivity contribution < 1.29 is 22.0 Å². The maximum absolute atomic E-state index is 13.6. The molecule has 102 valence electrons. The molecule has 0 bridgehead atoms. The molecule has 0 saturated carbocycles. The quantitative estimate of drug-likeness (QED) is 0.479. The predicted octanol–water partition coefficient (Wildman–Crippen LogP) is 3.22. The van der Waals surface area contributed by atoms with Crippen molar-refractivity contribution in [2.45, 2.75) is 19.9 Å². The monoisotopic (exact) mass is 277 g/mol. The van der Waals surface area contributed by atoms with E-state index in [0.717, 1.165) is 6.33 Å². The lowest BCUT2D eigenvalue weighted by atomic mass is 10.1. The van der Waals surface area contributed by atoms with E-state index in [-0.39, 0.29) is 6.04 Å². The Hall–Kier alpha value is -1.99. The smallest absolute Gasteiger partial charge is 0.200 e. The highest BCUT2D eigenvalue weighted by Crippen LogP contribution is 2.31. The summed E-state index contributed by atoms with van der Waals surface area (Å²) in [6.07, 6.45) is 1.15.